The Bertz CT molecular complexity index is 1350. The fourth-order valence-electron chi connectivity index (χ4n) is 4.92. The van der Waals surface area contributed by atoms with Crippen molar-refractivity contribution in [1.82, 2.24) is 10.6 Å². The maximum absolute atomic E-state index is 12.9. The van der Waals surface area contributed by atoms with E-state index in [1.165, 1.54) is 0 Å². The molecule has 2 fully saturated rings. The van der Waals surface area contributed by atoms with Crippen molar-refractivity contribution in [3.8, 4) is 0 Å². The molecule has 0 spiro atoms. The molecule has 2 rings (SSSR count). The standard InChI is InChI=1S/C30H46Cl6N2O16Si/c1-13(39)46-10-17-21(50-14(2)40)23(51-15(3)41)19(38-27(45)49-12-30(34,35)36)25(53-17)47-9-16-20(42)22(54-55(7,8)28(4,5)6)18(24(43)52-16)37-26(44)48-11-29(31,32)33/h16-25,42-43H,9-12H2,1-8H3,(H,37,44)(H,38,45)/t16?,17?,18-,19-,20-,21-,22?,23?,24-,25-/m1/s1. The van der Waals surface area contributed by atoms with Crippen molar-refractivity contribution in [2.45, 2.75) is 129 Å². The molecule has 25 heteroatoms. The Kier molecular flexibility index (Phi) is 18.6. The first-order valence-electron chi connectivity index (χ1n) is 16.5. The van der Waals surface area contributed by atoms with Gasteiger partial charge in [0, 0.05) is 20.8 Å². The lowest BCUT2D eigenvalue weighted by Gasteiger charge is -2.48. The van der Waals surface area contributed by atoms with E-state index in [1.54, 1.807) is 0 Å². The summed E-state index contributed by atoms with van der Waals surface area (Å²) in [7, 11) is -2.78. The number of aliphatic hydroxyl groups excluding tert-OH is 2. The lowest BCUT2D eigenvalue weighted by molar-refractivity contribution is -0.299. The fourth-order valence-corrected chi connectivity index (χ4v) is 6.57. The molecule has 0 aromatic carbocycles. The van der Waals surface area contributed by atoms with Gasteiger partial charge < -0.3 is 63.2 Å². The molecule has 10 atom stereocenters. The number of alkyl halides is 6. The van der Waals surface area contributed by atoms with Crippen molar-refractivity contribution >= 4 is 108 Å². The van der Waals surface area contributed by atoms with Crippen molar-refractivity contribution in [2.24, 2.45) is 0 Å². The van der Waals surface area contributed by atoms with Crippen LogP contribution in [0.25, 0.3) is 0 Å². The third-order valence-electron chi connectivity index (χ3n) is 8.36. The molecule has 2 heterocycles. The quantitative estimate of drug-likeness (QED) is 0.0895. The molecule has 2 amide bonds. The van der Waals surface area contributed by atoms with Gasteiger partial charge in [-0.05, 0) is 18.1 Å². The van der Waals surface area contributed by atoms with Crippen LogP contribution in [0.1, 0.15) is 41.5 Å². The Morgan fingerprint density at radius 2 is 1.16 bits per heavy atom. The molecule has 4 unspecified atom stereocenters. The highest BCUT2D eigenvalue weighted by Gasteiger charge is 2.54. The summed E-state index contributed by atoms with van der Waals surface area (Å²) < 4.78 is 46.1. The molecule has 2 aliphatic heterocycles. The third-order valence-corrected chi connectivity index (χ3v) is 13.5. The average Bonchev–Trinajstić information content (AvgIpc) is 3.01. The molecule has 2 aliphatic rings. The molecule has 18 nitrogen and oxygen atoms in total. The van der Waals surface area contributed by atoms with Crippen LogP contribution in [0.2, 0.25) is 18.1 Å². The highest BCUT2D eigenvalue weighted by atomic mass is 35.6. The number of amides is 2. The Labute approximate surface area is 348 Å². The molecule has 0 aromatic rings. The molecule has 0 aromatic heterocycles. The van der Waals surface area contributed by atoms with Gasteiger partial charge in [-0.25, -0.2) is 9.59 Å². The van der Waals surface area contributed by atoms with E-state index >= 15 is 0 Å². The monoisotopic (exact) mass is 928 g/mol. The first-order valence-corrected chi connectivity index (χ1v) is 21.6. The maximum atomic E-state index is 12.9. The second-order valence-electron chi connectivity index (χ2n) is 13.9. The lowest BCUT2D eigenvalue weighted by atomic mass is 9.95. The number of carbonyl (C=O) groups is 5. The van der Waals surface area contributed by atoms with E-state index in [1.807, 2.05) is 33.9 Å². The smallest absolute Gasteiger partial charge is 0.407 e. The zero-order chi connectivity index (χ0) is 42.3. The summed E-state index contributed by atoms with van der Waals surface area (Å²) in [5.41, 5.74) is 0. The minimum absolute atomic E-state index is 0.427. The predicted molar refractivity (Wildman–Crippen MR) is 198 cm³/mol. The number of hydrogen-bond acceptors (Lipinski definition) is 16. The van der Waals surface area contributed by atoms with Crippen molar-refractivity contribution in [1.29, 1.82) is 0 Å². The van der Waals surface area contributed by atoms with E-state index in [2.05, 4.69) is 10.6 Å². The Morgan fingerprint density at radius 3 is 1.62 bits per heavy atom. The SMILES string of the molecule is CC(=O)OCC1O[C@@H](OCC2O[C@@H](O)[C@H](NC(=O)OCC(Cl)(Cl)Cl)C(O[Si](C)(C)C(C)(C)C)[C@@H]2O)[C@H](NC(=O)OCC(Cl)(Cl)Cl)C(OC(C)=O)[C@@H]1OC(C)=O. The van der Waals surface area contributed by atoms with Crippen molar-refractivity contribution in [3.63, 3.8) is 0 Å². The minimum Gasteiger partial charge on any atom is -0.463 e. The summed E-state index contributed by atoms with van der Waals surface area (Å²) in [6, 6.07) is -3.00. The highest BCUT2D eigenvalue weighted by Crippen LogP contribution is 2.40. The van der Waals surface area contributed by atoms with Gasteiger partial charge in [0.25, 0.3) is 0 Å². The van der Waals surface area contributed by atoms with E-state index in [4.69, 9.17) is 112 Å². The summed E-state index contributed by atoms with van der Waals surface area (Å²) in [6.07, 6.45) is -14.8. The van der Waals surface area contributed by atoms with Gasteiger partial charge in [0.15, 0.2) is 33.1 Å². The van der Waals surface area contributed by atoms with Crippen molar-refractivity contribution in [3.05, 3.63) is 0 Å². The molecule has 0 radical (unpaired) electrons. The molecular formula is C30H46Cl6N2O16Si. The van der Waals surface area contributed by atoms with Crippen LogP contribution < -0.4 is 10.6 Å². The van der Waals surface area contributed by atoms with Gasteiger partial charge >= 0.3 is 30.1 Å². The molecule has 2 saturated heterocycles. The van der Waals surface area contributed by atoms with Gasteiger partial charge in [-0.1, -0.05) is 90.4 Å². The fraction of sp³-hybridized carbons (Fsp3) is 0.833. The minimum atomic E-state index is -2.78. The van der Waals surface area contributed by atoms with Gasteiger partial charge in [-0.2, -0.15) is 0 Å². The van der Waals surface area contributed by atoms with Gasteiger partial charge in [0.05, 0.1) is 12.7 Å². The van der Waals surface area contributed by atoms with E-state index < -0.39 is 139 Å². The Morgan fingerprint density at radius 1 is 0.673 bits per heavy atom. The molecular weight excluding hydrogens is 885 g/mol. The average molecular weight is 932 g/mol. The van der Waals surface area contributed by atoms with E-state index in [-0.39, 0.29) is 0 Å². The number of halogens is 6. The van der Waals surface area contributed by atoms with Crippen LogP contribution in [-0.4, -0.2) is 144 Å². The van der Waals surface area contributed by atoms with Crippen molar-refractivity contribution in [2.75, 3.05) is 26.4 Å². The van der Waals surface area contributed by atoms with Gasteiger partial charge in [-0.15, -0.1) is 0 Å². The Hall–Kier alpha value is -1.33. The number of nitrogens with one attached hydrogen (secondary N) is 2. The van der Waals surface area contributed by atoms with Crippen LogP contribution in [0.4, 0.5) is 9.59 Å². The topological polar surface area (TPSA) is 233 Å². The summed E-state index contributed by atoms with van der Waals surface area (Å²) in [4.78, 5) is 61.9. The number of alkyl carbamates (subject to hydrolysis) is 2. The molecule has 0 aliphatic carbocycles. The van der Waals surface area contributed by atoms with Gasteiger partial charge in [0.2, 0.25) is 7.59 Å². The molecule has 55 heavy (non-hydrogen) atoms. The Balaban J connectivity index is 2.52. The number of esters is 3. The normalized spacial score (nSPS) is 29.0. The second kappa shape index (κ2) is 20.6. The molecule has 4 N–H and O–H groups in total. The summed E-state index contributed by atoms with van der Waals surface area (Å²) >= 11 is 34.2. The summed E-state index contributed by atoms with van der Waals surface area (Å²) in [5.74, 6) is -2.52. The number of carbonyl (C=O) groups excluding carboxylic acids is 5. The van der Waals surface area contributed by atoms with Crippen LogP contribution >= 0.6 is 69.6 Å². The van der Waals surface area contributed by atoms with E-state index in [0.717, 1.165) is 20.8 Å². The first kappa shape index (κ1) is 49.8. The molecule has 0 bridgehead atoms. The zero-order valence-electron chi connectivity index (χ0n) is 31.0. The third kappa shape index (κ3) is 16.4. The zero-order valence-corrected chi connectivity index (χ0v) is 36.5. The van der Waals surface area contributed by atoms with Crippen LogP contribution in [-0.2, 0) is 56.7 Å². The molecule has 0 saturated carbocycles. The first-order chi connectivity index (χ1) is 25.0. The number of ether oxygens (including phenoxy) is 8. The van der Waals surface area contributed by atoms with Gasteiger partial charge in [0.1, 0.15) is 50.2 Å². The van der Waals surface area contributed by atoms with E-state index in [0.29, 0.717) is 0 Å². The maximum Gasteiger partial charge on any atom is 0.407 e. The summed E-state index contributed by atoms with van der Waals surface area (Å²) in [5, 5.41) is 27.2. The number of rotatable bonds is 13. The molecule has 318 valence electrons. The van der Waals surface area contributed by atoms with Crippen LogP contribution in [0.3, 0.4) is 0 Å². The number of hydrogen-bond donors (Lipinski definition) is 4. The van der Waals surface area contributed by atoms with Crippen LogP contribution in [0.5, 0.6) is 0 Å². The highest BCUT2D eigenvalue weighted by molar-refractivity contribution is 6.74. The summed E-state index contributed by atoms with van der Waals surface area (Å²) in [6.45, 7) is 10.1. The van der Waals surface area contributed by atoms with Gasteiger partial charge in [-0.3, -0.25) is 14.4 Å². The van der Waals surface area contributed by atoms with Crippen LogP contribution in [0.15, 0.2) is 0 Å². The number of aliphatic hydroxyl groups is 2. The lowest BCUT2D eigenvalue weighted by Crippen LogP contribution is -2.68. The predicted octanol–water partition coefficient (Wildman–Crippen LogP) is 3.55. The van der Waals surface area contributed by atoms with E-state index in [9.17, 15) is 34.2 Å². The second-order valence-corrected chi connectivity index (χ2v) is 23.7. The van der Waals surface area contributed by atoms with Crippen LogP contribution in [0, 0.1) is 0 Å². The van der Waals surface area contributed by atoms with Crippen molar-refractivity contribution < 1.29 is 76.5 Å². The largest absolute Gasteiger partial charge is 0.463 e.